The Morgan fingerprint density at radius 2 is 1.65 bits per heavy atom. The number of hydrogen-bond acceptors (Lipinski definition) is 3. The van der Waals surface area contributed by atoms with E-state index >= 15 is 0 Å². The van der Waals surface area contributed by atoms with Crippen LogP contribution in [0.15, 0.2) is 24.3 Å². The summed E-state index contributed by atoms with van der Waals surface area (Å²) in [5, 5.41) is 2.13. The zero-order valence-corrected chi connectivity index (χ0v) is 11.0. The smallest absolute Gasteiger partial charge is 0.265 e. The van der Waals surface area contributed by atoms with Gasteiger partial charge >= 0.3 is 0 Å². The van der Waals surface area contributed by atoms with Crippen LogP contribution in [0.4, 0.5) is 18.9 Å². The van der Waals surface area contributed by atoms with Gasteiger partial charge in [-0.15, -0.1) is 11.3 Å². The molecule has 0 saturated carbocycles. The van der Waals surface area contributed by atoms with Gasteiger partial charge in [0.05, 0.1) is 15.4 Å². The first kappa shape index (κ1) is 14.3. The van der Waals surface area contributed by atoms with Crippen LogP contribution in [-0.2, 0) is 0 Å². The van der Waals surface area contributed by atoms with Crippen LogP contribution in [-0.4, -0.2) is 11.7 Å². The van der Waals surface area contributed by atoms with Crippen molar-refractivity contribution in [2.75, 3.05) is 5.32 Å². The molecular formula is C13H8F3NO2S. The van der Waals surface area contributed by atoms with Gasteiger partial charge in [0, 0.05) is 0 Å². The molecule has 2 rings (SSSR count). The molecule has 3 nitrogen and oxygen atoms in total. The summed E-state index contributed by atoms with van der Waals surface area (Å²) in [6, 6.07) is 4.49. The normalized spacial score (nSPS) is 10.4. The van der Waals surface area contributed by atoms with E-state index < -0.39 is 29.0 Å². The number of rotatable bonds is 3. The van der Waals surface area contributed by atoms with Crippen molar-refractivity contribution in [3.8, 4) is 0 Å². The molecule has 2 aromatic rings. The molecule has 0 spiro atoms. The molecule has 1 aromatic carbocycles. The maximum Gasteiger partial charge on any atom is 0.265 e. The Kier molecular flexibility index (Phi) is 3.89. The number of benzene rings is 1. The van der Waals surface area contributed by atoms with Gasteiger partial charge in [-0.2, -0.15) is 0 Å². The number of thiophene rings is 1. The van der Waals surface area contributed by atoms with E-state index in [1.807, 2.05) is 0 Å². The van der Waals surface area contributed by atoms with Crippen LogP contribution in [0.25, 0.3) is 0 Å². The van der Waals surface area contributed by atoms with Gasteiger partial charge in [0.1, 0.15) is 0 Å². The van der Waals surface area contributed by atoms with E-state index in [2.05, 4.69) is 5.32 Å². The van der Waals surface area contributed by atoms with E-state index in [-0.39, 0.29) is 10.7 Å². The van der Waals surface area contributed by atoms with Gasteiger partial charge in [0.2, 0.25) is 0 Å². The molecule has 104 valence electrons. The number of amides is 1. The van der Waals surface area contributed by atoms with Crippen molar-refractivity contribution < 1.29 is 22.8 Å². The minimum absolute atomic E-state index is 0.166. The van der Waals surface area contributed by atoms with Crippen molar-refractivity contribution in [3.05, 3.63) is 51.5 Å². The van der Waals surface area contributed by atoms with Crippen LogP contribution in [0, 0.1) is 17.5 Å². The first-order valence-electron chi connectivity index (χ1n) is 5.45. The summed E-state index contributed by atoms with van der Waals surface area (Å²) in [6.45, 7) is 1.35. The summed E-state index contributed by atoms with van der Waals surface area (Å²) in [5.74, 6) is -5.36. The first-order valence-corrected chi connectivity index (χ1v) is 6.27. The van der Waals surface area contributed by atoms with Gasteiger partial charge in [0.15, 0.2) is 23.2 Å². The molecule has 0 bridgehead atoms. The van der Waals surface area contributed by atoms with Gasteiger partial charge in [-0.1, -0.05) is 0 Å². The Labute approximate surface area is 116 Å². The van der Waals surface area contributed by atoms with Crippen LogP contribution < -0.4 is 5.32 Å². The lowest BCUT2D eigenvalue weighted by atomic mass is 10.2. The fraction of sp³-hybridized carbons (Fsp3) is 0.0769. The number of anilines is 1. The van der Waals surface area contributed by atoms with E-state index in [9.17, 15) is 22.8 Å². The van der Waals surface area contributed by atoms with Gasteiger partial charge in [-0.05, 0) is 31.2 Å². The molecule has 0 fully saturated rings. The Morgan fingerprint density at radius 1 is 1.00 bits per heavy atom. The zero-order chi connectivity index (χ0) is 14.9. The number of nitrogens with one attached hydrogen (secondary N) is 1. The van der Waals surface area contributed by atoms with Crippen LogP contribution in [0.5, 0.6) is 0 Å². The summed E-state index contributed by atoms with van der Waals surface area (Å²) < 4.78 is 39.2. The third-order valence-corrected chi connectivity index (χ3v) is 3.65. The number of halogens is 3. The summed E-state index contributed by atoms with van der Waals surface area (Å²) in [7, 11) is 0. The molecule has 1 aromatic heterocycles. The average molecular weight is 299 g/mol. The number of carbonyl (C=O) groups is 2. The van der Waals surface area contributed by atoms with Crippen LogP contribution in [0.3, 0.4) is 0 Å². The number of ketones is 1. The monoisotopic (exact) mass is 299 g/mol. The van der Waals surface area contributed by atoms with E-state index in [4.69, 9.17) is 0 Å². The second-order valence-corrected chi connectivity index (χ2v) is 4.98. The van der Waals surface area contributed by atoms with Gasteiger partial charge in [-0.25, -0.2) is 13.2 Å². The van der Waals surface area contributed by atoms with Crippen molar-refractivity contribution in [2.24, 2.45) is 0 Å². The molecule has 0 aliphatic heterocycles. The molecular weight excluding hydrogens is 291 g/mol. The fourth-order valence-corrected chi connectivity index (χ4v) is 2.25. The largest absolute Gasteiger partial charge is 0.319 e. The van der Waals surface area contributed by atoms with Crippen molar-refractivity contribution >= 4 is 28.7 Å². The summed E-state index contributed by atoms with van der Waals surface area (Å²) in [6.07, 6.45) is 0. The highest BCUT2D eigenvalue weighted by Gasteiger charge is 2.17. The quantitative estimate of drug-likeness (QED) is 0.695. The lowest BCUT2D eigenvalue weighted by Gasteiger charge is -2.05. The van der Waals surface area contributed by atoms with Crippen molar-refractivity contribution in [2.45, 2.75) is 6.92 Å². The fourth-order valence-electron chi connectivity index (χ4n) is 1.46. The molecule has 0 saturated heterocycles. The minimum atomic E-state index is -1.65. The summed E-state index contributed by atoms with van der Waals surface area (Å²) in [5.41, 5.74) is -0.466. The van der Waals surface area contributed by atoms with Gasteiger partial charge in [0.25, 0.3) is 5.91 Å². The van der Waals surface area contributed by atoms with Crippen molar-refractivity contribution in [1.82, 2.24) is 0 Å². The third kappa shape index (κ3) is 2.72. The van der Waals surface area contributed by atoms with E-state index in [1.165, 1.54) is 19.1 Å². The molecule has 1 N–H and O–H groups in total. The molecule has 0 aliphatic rings. The zero-order valence-electron chi connectivity index (χ0n) is 10.2. The van der Waals surface area contributed by atoms with E-state index in [1.54, 1.807) is 0 Å². The average Bonchev–Trinajstić information content (AvgIpc) is 2.89. The topological polar surface area (TPSA) is 46.2 Å². The maximum absolute atomic E-state index is 13.4. The lowest BCUT2D eigenvalue weighted by Crippen LogP contribution is -2.12. The standard InChI is InChI=1S/C13H8F3NO2S/c1-6(18)9-4-5-10(20-9)13(19)17-8-3-2-7(14)11(15)12(8)16/h2-5H,1H3,(H,17,19). The van der Waals surface area contributed by atoms with Crippen LogP contribution >= 0.6 is 11.3 Å². The Hall–Kier alpha value is -2.15. The number of carbonyl (C=O) groups excluding carboxylic acids is 2. The highest BCUT2D eigenvalue weighted by atomic mass is 32.1. The minimum Gasteiger partial charge on any atom is -0.319 e. The lowest BCUT2D eigenvalue weighted by molar-refractivity contribution is 0.101. The van der Waals surface area contributed by atoms with Crippen molar-refractivity contribution in [3.63, 3.8) is 0 Å². The molecule has 0 aliphatic carbocycles. The van der Waals surface area contributed by atoms with Crippen LogP contribution in [0.1, 0.15) is 26.3 Å². The molecule has 0 atom stereocenters. The third-order valence-electron chi connectivity index (χ3n) is 2.46. The van der Waals surface area contributed by atoms with E-state index in [0.29, 0.717) is 10.9 Å². The Morgan fingerprint density at radius 3 is 2.25 bits per heavy atom. The first-order chi connectivity index (χ1) is 9.40. The predicted octanol–water partition coefficient (Wildman–Crippen LogP) is 3.62. The summed E-state index contributed by atoms with van der Waals surface area (Å²) >= 11 is 0.930. The SMILES string of the molecule is CC(=O)c1ccc(C(=O)Nc2ccc(F)c(F)c2F)s1. The molecule has 7 heteroatoms. The van der Waals surface area contributed by atoms with Crippen LogP contribution in [0.2, 0.25) is 0 Å². The molecule has 0 radical (unpaired) electrons. The summed E-state index contributed by atoms with van der Waals surface area (Å²) in [4.78, 5) is 23.4. The highest BCUT2D eigenvalue weighted by molar-refractivity contribution is 7.16. The Balaban J connectivity index is 2.23. The number of hydrogen-bond donors (Lipinski definition) is 1. The molecule has 1 heterocycles. The van der Waals surface area contributed by atoms with Gasteiger partial charge in [-0.3, -0.25) is 9.59 Å². The number of Topliss-reactive ketones (excluding diaryl/α,β-unsaturated/α-hetero) is 1. The Bertz CT molecular complexity index is 697. The van der Waals surface area contributed by atoms with Gasteiger partial charge < -0.3 is 5.32 Å². The van der Waals surface area contributed by atoms with E-state index in [0.717, 1.165) is 17.4 Å². The highest BCUT2D eigenvalue weighted by Crippen LogP contribution is 2.22. The second-order valence-electron chi connectivity index (χ2n) is 3.90. The molecule has 0 unspecified atom stereocenters. The maximum atomic E-state index is 13.4. The van der Waals surface area contributed by atoms with Crippen molar-refractivity contribution in [1.29, 1.82) is 0 Å². The molecule has 20 heavy (non-hydrogen) atoms. The molecule has 1 amide bonds. The second kappa shape index (κ2) is 5.46. The predicted molar refractivity (Wildman–Crippen MR) is 68.6 cm³/mol.